The molecule has 0 unspecified atom stereocenters. The molecule has 0 amide bonds. The first-order valence-electron chi connectivity index (χ1n) is 3.77. The van der Waals surface area contributed by atoms with Crippen molar-refractivity contribution in [2.24, 2.45) is 0 Å². The first-order chi connectivity index (χ1) is 5.58. The summed E-state index contributed by atoms with van der Waals surface area (Å²) in [4.78, 5) is 2.07. The summed E-state index contributed by atoms with van der Waals surface area (Å²) >= 11 is 5.84. The van der Waals surface area contributed by atoms with Crippen LogP contribution in [0.3, 0.4) is 0 Å². The lowest BCUT2D eigenvalue weighted by Gasteiger charge is -2.10. The van der Waals surface area contributed by atoms with Gasteiger partial charge in [-0.05, 0) is 37.9 Å². The van der Waals surface area contributed by atoms with Crippen LogP contribution in [0.5, 0.6) is 0 Å². The Balaban J connectivity index is 2.85. The second-order valence-corrected chi connectivity index (χ2v) is 3.57. The molecule has 66 valence electrons. The Morgan fingerprint density at radius 2 is 2.00 bits per heavy atom. The van der Waals surface area contributed by atoms with Gasteiger partial charge in [0.05, 0.1) is 0 Å². The van der Waals surface area contributed by atoms with Crippen molar-refractivity contribution in [2.75, 3.05) is 19.8 Å². The molecule has 1 aromatic rings. The fourth-order valence-corrected chi connectivity index (χ4v) is 1.40. The van der Waals surface area contributed by atoms with Crippen LogP contribution < -0.4 is 5.73 Å². The van der Waals surface area contributed by atoms with Crippen LogP contribution in [0.1, 0.15) is 5.56 Å². The number of hydrogen-bond acceptors (Lipinski definition) is 2. The highest BCUT2D eigenvalue weighted by atomic mass is 35.5. The molecule has 12 heavy (non-hydrogen) atoms. The highest BCUT2D eigenvalue weighted by Crippen LogP contribution is 2.17. The minimum absolute atomic E-state index is 0.701. The zero-order valence-corrected chi connectivity index (χ0v) is 8.10. The lowest BCUT2D eigenvalue weighted by molar-refractivity contribution is 0.402. The van der Waals surface area contributed by atoms with Crippen LogP contribution >= 0.6 is 11.6 Å². The third-order valence-corrected chi connectivity index (χ3v) is 1.70. The Morgan fingerprint density at radius 1 is 1.33 bits per heavy atom. The van der Waals surface area contributed by atoms with E-state index in [4.69, 9.17) is 17.3 Å². The zero-order valence-electron chi connectivity index (χ0n) is 7.34. The van der Waals surface area contributed by atoms with Crippen LogP contribution in [0.2, 0.25) is 5.02 Å². The molecule has 0 aliphatic heterocycles. The number of halogens is 1. The monoisotopic (exact) mass is 184 g/mol. The molecule has 3 heteroatoms. The normalized spacial score (nSPS) is 10.7. The average Bonchev–Trinajstić information content (AvgIpc) is 1.81. The van der Waals surface area contributed by atoms with E-state index in [1.54, 1.807) is 6.07 Å². The molecule has 0 heterocycles. The van der Waals surface area contributed by atoms with Gasteiger partial charge >= 0.3 is 0 Å². The quantitative estimate of drug-likeness (QED) is 0.713. The molecule has 0 aromatic heterocycles. The number of hydrogen-bond donors (Lipinski definition) is 1. The summed E-state index contributed by atoms with van der Waals surface area (Å²) in [7, 11) is 4.02. The molecule has 0 saturated heterocycles. The van der Waals surface area contributed by atoms with E-state index in [9.17, 15) is 0 Å². The molecule has 0 atom stereocenters. The van der Waals surface area contributed by atoms with Crippen molar-refractivity contribution in [3.05, 3.63) is 28.8 Å². The molecule has 0 radical (unpaired) electrons. The van der Waals surface area contributed by atoms with Gasteiger partial charge in [-0.3, -0.25) is 0 Å². The Labute approximate surface area is 77.9 Å². The summed E-state index contributed by atoms with van der Waals surface area (Å²) in [6.07, 6.45) is 0. The summed E-state index contributed by atoms with van der Waals surface area (Å²) in [6, 6.07) is 5.62. The third-order valence-electron chi connectivity index (χ3n) is 1.48. The van der Waals surface area contributed by atoms with E-state index in [1.807, 2.05) is 26.2 Å². The number of benzene rings is 1. The van der Waals surface area contributed by atoms with E-state index < -0.39 is 0 Å². The number of anilines is 1. The van der Waals surface area contributed by atoms with Gasteiger partial charge in [0.15, 0.2) is 0 Å². The van der Waals surface area contributed by atoms with E-state index in [0.717, 1.165) is 17.8 Å². The second kappa shape index (κ2) is 3.78. The minimum atomic E-state index is 0.701. The Bertz CT molecular complexity index is 251. The predicted octanol–water partition coefficient (Wildman–Crippen LogP) is 1.98. The van der Waals surface area contributed by atoms with Gasteiger partial charge in [-0.1, -0.05) is 11.6 Å². The lowest BCUT2D eigenvalue weighted by atomic mass is 10.2. The summed E-state index contributed by atoms with van der Waals surface area (Å²) in [5, 5.41) is 0.701. The summed E-state index contributed by atoms with van der Waals surface area (Å²) in [6.45, 7) is 0.866. The number of nitrogen functional groups attached to an aromatic ring is 1. The topological polar surface area (TPSA) is 29.3 Å². The van der Waals surface area contributed by atoms with Gasteiger partial charge < -0.3 is 10.6 Å². The second-order valence-electron chi connectivity index (χ2n) is 3.13. The Morgan fingerprint density at radius 3 is 2.50 bits per heavy atom. The maximum absolute atomic E-state index is 5.84. The molecule has 0 aliphatic rings. The fraction of sp³-hybridized carbons (Fsp3) is 0.333. The van der Waals surface area contributed by atoms with Gasteiger partial charge in [-0.25, -0.2) is 0 Å². The maximum Gasteiger partial charge on any atom is 0.0429 e. The smallest absolute Gasteiger partial charge is 0.0429 e. The lowest BCUT2D eigenvalue weighted by Crippen LogP contribution is -2.10. The van der Waals surface area contributed by atoms with Crippen molar-refractivity contribution in [3.8, 4) is 0 Å². The first-order valence-corrected chi connectivity index (χ1v) is 4.15. The number of nitrogens with zero attached hydrogens (tertiary/aromatic N) is 1. The van der Waals surface area contributed by atoms with Gasteiger partial charge in [0.1, 0.15) is 0 Å². The van der Waals surface area contributed by atoms with Crippen LogP contribution in [0.4, 0.5) is 5.69 Å². The van der Waals surface area contributed by atoms with E-state index in [2.05, 4.69) is 4.90 Å². The van der Waals surface area contributed by atoms with Crippen LogP contribution in [0.15, 0.2) is 18.2 Å². The van der Waals surface area contributed by atoms with Crippen LogP contribution in [-0.4, -0.2) is 19.0 Å². The van der Waals surface area contributed by atoms with Gasteiger partial charge in [0.2, 0.25) is 0 Å². The van der Waals surface area contributed by atoms with Crippen molar-refractivity contribution in [3.63, 3.8) is 0 Å². The molecule has 0 saturated carbocycles. The minimum Gasteiger partial charge on any atom is -0.399 e. The average molecular weight is 185 g/mol. The van der Waals surface area contributed by atoms with Gasteiger partial charge in [-0.2, -0.15) is 0 Å². The third kappa shape index (κ3) is 2.72. The molecular weight excluding hydrogens is 172 g/mol. The standard InChI is InChI=1S/C9H13ClN2/c1-12(2)6-7-3-8(10)5-9(11)4-7/h3-5H,6,11H2,1-2H3. The Hall–Kier alpha value is -0.730. The van der Waals surface area contributed by atoms with Crippen LogP contribution in [-0.2, 0) is 6.54 Å². The van der Waals surface area contributed by atoms with E-state index in [0.29, 0.717) is 5.02 Å². The molecule has 1 rings (SSSR count). The molecular formula is C9H13ClN2. The molecule has 0 fully saturated rings. The summed E-state index contributed by atoms with van der Waals surface area (Å²) in [5.41, 5.74) is 7.50. The van der Waals surface area contributed by atoms with Crippen LogP contribution in [0.25, 0.3) is 0 Å². The molecule has 2 N–H and O–H groups in total. The van der Waals surface area contributed by atoms with Gasteiger partial charge in [0.25, 0.3) is 0 Å². The molecule has 0 spiro atoms. The predicted molar refractivity (Wildman–Crippen MR) is 53.3 cm³/mol. The highest BCUT2D eigenvalue weighted by Gasteiger charge is 1.98. The molecule has 2 nitrogen and oxygen atoms in total. The number of nitrogens with two attached hydrogens (primary N) is 1. The van der Waals surface area contributed by atoms with E-state index in [-0.39, 0.29) is 0 Å². The van der Waals surface area contributed by atoms with Gasteiger partial charge in [0, 0.05) is 17.3 Å². The van der Waals surface area contributed by atoms with E-state index >= 15 is 0 Å². The summed E-state index contributed by atoms with van der Waals surface area (Å²) in [5.74, 6) is 0. The molecule has 0 bridgehead atoms. The van der Waals surface area contributed by atoms with Gasteiger partial charge in [-0.15, -0.1) is 0 Å². The SMILES string of the molecule is CN(C)Cc1cc(N)cc(Cl)c1. The van der Waals surface area contributed by atoms with Crippen LogP contribution in [0, 0.1) is 0 Å². The summed E-state index contributed by atoms with van der Waals surface area (Å²) < 4.78 is 0. The largest absolute Gasteiger partial charge is 0.399 e. The fourth-order valence-electron chi connectivity index (χ4n) is 1.13. The Kier molecular flexibility index (Phi) is 2.95. The van der Waals surface area contributed by atoms with Crippen molar-refractivity contribution in [2.45, 2.75) is 6.54 Å². The van der Waals surface area contributed by atoms with E-state index in [1.165, 1.54) is 0 Å². The van der Waals surface area contributed by atoms with Crippen molar-refractivity contribution < 1.29 is 0 Å². The van der Waals surface area contributed by atoms with Crippen molar-refractivity contribution in [1.82, 2.24) is 4.90 Å². The highest BCUT2D eigenvalue weighted by molar-refractivity contribution is 6.30. The van der Waals surface area contributed by atoms with Crippen molar-refractivity contribution >= 4 is 17.3 Å². The number of rotatable bonds is 2. The van der Waals surface area contributed by atoms with Crippen molar-refractivity contribution in [1.29, 1.82) is 0 Å². The first kappa shape index (κ1) is 9.36. The zero-order chi connectivity index (χ0) is 9.14. The molecule has 1 aromatic carbocycles. The maximum atomic E-state index is 5.84. The molecule has 0 aliphatic carbocycles.